The number of rotatable bonds is 6. The van der Waals surface area contributed by atoms with Crippen LogP contribution in [0.4, 0.5) is 0 Å². The summed E-state index contributed by atoms with van der Waals surface area (Å²) in [5, 5.41) is 0. The number of allylic oxidation sites excluding steroid dienone is 14. The second kappa shape index (κ2) is 11.3. The minimum Gasteiger partial charge on any atom is -0.0877 e. The van der Waals surface area contributed by atoms with Crippen LogP contribution in [0.3, 0.4) is 0 Å². The summed E-state index contributed by atoms with van der Waals surface area (Å²) in [6.45, 7) is 10.4. The second-order valence-electron chi connectivity index (χ2n) is 4.69. The normalized spacial score (nSPS) is 14.4. The molecule has 0 rings (SSSR count). The zero-order valence-corrected chi connectivity index (χ0v) is 12.9. The predicted molar refractivity (Wildman–Crippen MR) is 89.2 cm³/mol. The lowest BCUT2D eigenvalue weighted by molar-refractivity contribution is 1.39. The fourth-order valence-electron chi connectivity index (χ4n) is 1.24. The van der Waals surface area contributed by atoms with Gasteiger partial charge in [0.25, 0.3) is 0 Å². The van der Waals surface area contributed by atoms with E-state index in [1.807, 2.05) is 25.2 Å². The van der Waals surface area contributed by atoms with Crippen LogP contribution in [0.15, 0.2) is 83.6 Å². The van der Waals surface area contributed by atoms with E-state index in [1.165, 1.54) is 16.7 Å². The second-order valence-corrected chi connectivity index (χ2v) is 4.69. The van der Waals surface area contributed by atoms with Crippen LogP contribution in [0.5, 0.6) is 0 Å². The standard InChI is InChI=1S/C19H26/c1-6-7-8-13-18(4)14-9-10-15-19(5)16-11-12-17(2)3/h6-16H,1-5H3/b7-6?,10-9+,13-8+,16-11+,18-14+,19-15+. The van der Waals surface area contributed by atoms with Crippen LogP contribution in [-0.2, 0) is 0 Å². The summed E-state index contributed by atoms with van der Waals surface area (Å²) in [5.41, 5.74) is 3.79. The van der Waals surface area contributed by atoms with Crippen LogP contribution in [0.25, 0.3) is 0 Å². The zero-order valence-electron chi connectivity index (χ0n) is 12.9. The van der Waals surface area contributed by atoms with Gasteiger partial charge >= 0.3 is 0 Å². The Labute approximate surface area is 118 Å². The highest BCUT2D eigenvalue weighted by Crippen LogP contribution is 1.99. The topological polar surface area (TPSA) is 0 Å². The Morgan fingerprint density at radius 1 is 0.579 bits per heavy atom. The van der Waals surface area contributed by atoms with Crippen LogP contribution in [0.2, 0.25) is 0 Å². The van der Waals surface area contributed by atoms with Crippen molar-refractivity contribution in [1.82, 2.24) is 0 Å². The predicted octanol–water partition coefficient (Wildman–Crippen LogP) is 6.09. The molecule has 0 nitrogen and oxygen atoms in total. The van der Waals surface area contributed by atoms with Gasteiger partial charge in [0.2, 0.25) is 0 Å². The molecule has 0 aromatic heterocycles. The van der Waals surface area contributed by atoms with Crippen molar-refractivity contribution in [3.63, 3.8) is 0 Å². The summed E-state index contributed by atoms with van der Waals surface area (Å²) >= 11 is 0. The van der Waals surface area contributed by atoms with Gasteiger partial charge in [-0.3, -0.25) is 0 Å². The molecule has 0 fully saturated rings. The maximum absolute atomic E-state index is 2.11. The molecule has 0 amide bonds. The Morgan fingerprint density at radius 3 is 1.58 bits per heavy atom. The first kappa shape index (κ1) is 17.2. The van der Waals surface area contributed by atoms with Crippen molar-refractivity contribution in [3.05, 3.63) is 83.6 Å². The summed E-state index contributed by atoms with van der Waals surface area (Å²) in [6, 6.07) is 0. The first-order valence-corrected chi connectivity index (χ1v) is 6.69. The molecule has 0 aromatic rings. The molecular weight excluding hydrogens is 228 g/mol. The van der Waals surface area contributed by atoms with E-state index in [0.29, 0.717) is 0 Å². The third-order valence-electron chi connectivity index (χ3n) is 2.28. The maximum Gasteiger partial charge on any atom is -0.0398 e. The first-order valence-electron chi connectivity index (χ1n) is 6.69. The quantitative estimate of drug-likeness (QED) is 0.503. The van der Waals surface area contributed by atoms with Crippen molar-refractivity contribution in [2.75, 3.05) is 0 Å². The molecule has 0 unspecified atom stereocenters. The molecule has 0 aromatic carbocycles. The summed E-state index contributed by atoms with van der Waals surface area (Å²) in [5.74, 6) is 0. The van der Waals surface area contributed by atoms with Crippen molar-refractivity contribution in [1.29, 1.82) is 0 Å². The molecule has 0 radical (unpaired) electrons. The van der Waals surface area contributed by atoms with Gasteiger partial charge in [0.15, 0.2) is 0 Å². The monoisotopic (exact) mass is 254 g/mol. The molecule has 0 heteroatoms. The fourth-order valence-corrected chi connectivity index (χ4v) is 1.24. The van der Waals surface area contributed by atoms with E-state index >= 15 is 0 Å². The molecule has 0 atom stereocenters. The van der Waals surface area contributed by atoms with Crippen LogP contribution >= 0.6 is 0 Å². The third kappa shape index (κ3) is 12.4. The summed E-state index contributed by atoms with van der Waals surface area (Å²) in [4.78, 5) is 0. The van der Waals surface area contributed by atoms with Gasteiger partial charge in [0.05, 0.1) is 0 Å². The van der Waals surface area contributed by atoms with Crippen molar-refractivity contribution >= 4 is 0 Å². The van der Waals surface area contributed by atoms with Gasteiger partial charge in [0.1, 0.15) is 0 Å². The third-order valence-corrected chi connectivity index (χ3v) is 2.28. The Hall–Kier alpha value is -1.82. The Kier molecular flexibility index (Phi) is 10.2. The van der Waals surface area contributed by atoms with Gasteiger partial charge in [-0.05, 0) is 34.6 Å². The highest BCUT2D eigenvalue weighted by molar-refractivity contribution is 5.29. The lowest BCUT2D eigenvalue weighted by Crippen LogP contribution is -1.67. The van der Waals surface area contributed by atoms with Crippen molar-refractivity contribution in [2.45, 2.75) is 34.6 Å². The summed E-state index contributed by atoms with van der Waals surface area (Å²) < 4.78 is 0. The minimum absolute atomic E-state index is 1.24. The molecule has 0 spiro atoms. The van der Waals surface area contributed by atoms with E-state index in [1.54, 1.807) is 0 Å². The Bertz CT molecular complexity index is 442. The minimum atomic E-state index is 1.24. The average Bonchev–Trinajstić information content (AvgIpc) is 2.34. The number of hydrogen-bond acceptors (Lipinski definition) is 0. The van der Waals surface area contributed by atoms with Crippen LogP contribution in [-0.4, -0.2) is 0 Å². The van der Waals surface area contributed by atoms with Gasteiger partial charge in [-0.15, -0.1) is 0 Å². The molecule has 0 aliphatic rings. The molecular formula is C19H26. The van der Waals surface area contributed by atoms with Gasteiger partial charge in [-0.1, -0.05) is 83.6 Å². The van der Waals surface area contributed by atoms with Crippen LogP contribution < -0.4 is 0 Å². The summed E-state index contributed by atoms with van der Waals surface area (Å²) in [7, 11) is 0. The van der Waals surface area contributed by atoms with E-state index in [-0.39, 0.29) is 0 Å². The average molecular weight is 254 g/mol. The molecule has 0 aliphatic carbocycles. The largest absolute Gasteiger partial charge is 0.0877 e. The van der Waals surface area contributed by atoms with E-state index in [2.05, 4.69) is 76.3 Å². The molecule has 19 heavy (non-hydrogen) atoms. The van der Waals surface area contributed by atoms with Gasteiger partial charge in [-0.25, -0.2) is 0 Å². The maximum atomic E-state index is 2.11. The molecule has 102 valence electrons. The Morgan fingerprint density at radius 2 is 1.11 bits per heavy atom. The fraction of sp³-hybridized carbons (Fsp3) is 0.263. The first-order chi connectivity index (χ1) is 9.06. The van der Waals surface area contributed by atoms with Crippen LogP contribution in [0, 0.1) is 0 Å². The van der Waals surface area contributed by atoms with Crippen LogP contribution in [0.1, 0.15) is 34.6 Å². The van der Waals surface area contributed by atoms with E-state index in [0.717, 1.165) is 0 Å². The van der Waals surface area contributed by atoms with E-state index in [9.17, 15) is 0 Å². The van der Waals surface area contributed by atoms with E-state index in [4.69, 9.17) is 0 Å². The molecule has 0 aliphatic heterocycles. The lowest BCUT2D eigenvalue weighted by atomic mass is 10.2. The highest BCUT2D eigenvalue weighted by atomic mass is 13.9. The molecule has 0 saturated heterocycles. The van der Waals surface area contributed by atoms with Gasteiger partial charge < -0.3 is 0 Å². The molecule has 0 saturated carbocycles. The SMILES string of the molecule is CC=C/C=C/C(C)=C/C=C/C=C(C)/C=C/C=C(C)C. The lowest BCUT2D eigenvalue weighted by Gasteiger charge is -1.88. The van der Waals surface area contributed by atoms with E-state index < -0.39 is 0 Å². The van der Waals surface area contributed by atoms with Crippen molar-refractivity contribution in [2.24, 2.45) is 0 Å². The molecule has 0 N–H and O–H groups in total. The van der Waals surface area contributed by atoms with Gasteiger partial charge in [-0.2, -0.15) is 0 Å². The smallest absolute Gasteiger partial charge is 0.0398 e. The molecule has 0 bridgehead atoms. The zero-order chi connectivity index (χ0) is 14.5. The van der Waals surface area contributed by atoms with Crippen molar-refractivity contribution in [3.8, 4) is 0 Å². The number of hydrogen-bond donors (Lipinski definition) is 0. The van der Waals surface area contributed by atoms with Crippen molar-refractivity contribution < 1.29 is 0 Å². The van der Waals surface area contributed by atoms with Gasteiger partial charge in [0, 0.05) is 0 Å². The Balaban J connectivity index is 4.38. The molecule has 0 heterocycles. The highest BCUT2D eigenvalue weighted by Gasteiger charge is 1.78. The summed E-state index contributed by atoms with van der Waals surface area (Å²) in [6.07, 6.45) is 22.8.